The highest BCUT2D eigenvalue weighted by atomic mass is 32.2. The fraction of sp³-hybridized carbons (Fsp3) is 0.308. The third-order valence-electron chi connectivity index (χ3n) is 6.32. The van der Waals surface area contributed by atoms with E-state index in [-0.39, 0.29) is 10.7 Å². The second-order valence-electron chi connectivity index (χ2n) is 8.66. The monoisotopic (exact) mass is 465 g/mol. The molecule has 4 rings (SSSR count). The van der Waals surface area contributed by atoms with Gasteiger partial charge in [0.1, 0.15) is 17.1 Å². The number of ketones is 1. The first-order valence-corrected chi connectivity index (χ1v) is 12.5. The summed E-state index contributed by atoms with van der Waals surface area (Å²) in [7, 11) is -2.82. The molecule has 33 heavy (non-hydrogen) atoms. The van der Waals surface area contributed by atoms with E-state index in [0.717, 1.165) is 16.3 Å². The van der Waals surface area contributed by atoms with Gasteiger partial charge in [0.05, 0.1) is 17.9 Å². The van der Waals surface area contributed by atoms with Crippen molar-refractivity contribution in [2.75, 3.05) is 7.11 Å². The first-order valence-electron chi connectivity index (χ1n) is 10.9. The number of methoxy groups -OCH3 is 1. The van der Waals surface area contributed by atoms with E-state index in [1.165, 1.54) is 19.2 Å². The molecule has 1 aliphatic rings. The number of esters is 1. The van der Waals surface area contributed by atoms with E-state index in [4.69, 9.17) is 4.74 Å². The number of ether oxygens (including phenoxy) is 1. The minimum Gasteiger partial charge on any atom is -0.468 e. The Labute approximate surface area is 193 Å². The second-order valence-corrected chi connectivity index (χ2v) is 10.8. The zero-order valence-electron chi connectivity index (χ0n) is 18.8. The van der Waals surface area contributed by atoms with Gasteiger partial charge in [-0.3, -0.25) is 14.9 Å². The molecule has 7 heteroatoms. The first kappa shape index (κ1) is 23.1. The molecule has 1 N–H and O–H groups in total. The van der Waals surface area contributed by atoms with Gasteiger partial charge in [-0.1, -0.05) is 68.4 Å². The molecule has 0 unspecified atom stereocenters. The highest BCUT2D eigenvalue weighted by molar-refractivity contribution is 7.92. The summed E-state index contributed by atoms with van der Waals surface area (Å²) in [5.74, 6) is -2.29. The summed E-state index contributed by atoms with van der Waals surface area (Å²) in [6.07, 6.45) is 0. The average molecular weight is 466 g/mol. The van der Waals surface area contributed by atoms with Gasteiger partial charge in [0.15, 0.2) is 9.84 Å². The van der Waals surface area contributed by atoms with Crippen molar-refractivity contribution in [2.24, 2.45) is 11.8 Å². The lowest BCUT2D eigenvalue weighted by molar-refractivity contribution is -0.142. The minimum absolute atomic E-state index is 0.0754. The van der Waals surface area contributed by atoms with Crippen molar-refractivity contribution >= 4 is 32.4 Å². The van der Waals surface area contributed by atoms with Crippen molar-refractivity contribution in [2.45, 2.75) is 36.1 Å². The molecule has 0 aromatic heterocycles. The standard InChI is InChI=1S/C26H27NO5S/c1-16(2)24(28)21-22(19-14-13-17-9-7-8-10-18(17)15-19)27-23(26(29)32-3)25(21)33(30,31)20-11-5-4-6-12-20/h4-16,21-23,25,27H,1-3H3/t21-,22-,23-,25-/m1/s1. The molecule has 6 nitrogen and oxygen atoms in total. The van der Waals surface area contributed by atoms with Gasteiger partial charge in [0.2, 0.25) is 0 Å². The Balaban J connectivity index is 1.90. The van der Waals surface area contributed by atoms with Gasteiger partial charge < -0.3 is 4.74 Å². The highest BCUT2D eigenvalue weighted by Crippen LogP contribution is 2.42. The van der Waals surface area contributed by atoms with Crippen LogP contribution in [-0.4, -0.2) is 38.6 Å². The van der Waals surface area contributed by atoms with Crippen LogP contribution in [0.15, 0.2) is 77.7 Å². The van der Waals surface area contributed by atoms with Crippen molar-refractivity contribution < 1.29 is 22.7 Å². The molecule has 0 bridgehead atoms. The number of fused-ring (bicyclic) bond motifs is 1. The molecule has 3 aromatic rings. The fourth-order valence-corrected chi connectivity index (χ4v) is 6.75. The fourth-order valence-electron chi connectivity index (χ4n) is 4.67. The van der Waals surface area contributed by atoms with E-state index >= 15 is 0 Å². The van der Waals surface area contributed by atoms with Crippen molar-refractivity contribution in [3.63, 3.8) is 0 Å². The molecule has 1 heterocycles. The van der Waals surface area contributed by atoms with E-state index < -0.39 is 45.0 Å². The van der Waals surface area contributed by atoms with Gasteiger partial charge >= 0.3 is 5.97 Å². The lowest BCUT2D eigenvalue weighted by atomic mass is 9.84. The molecule has 1 aliphatic heterocycles. The topological polar surface area (TPSA) is 89.5 Å². The molecule has 0 aliphatic carbocycles. The van der Waals surface area contributed by atoms with Crippen molar-refractivity contribution in [1.29, 1.82) is 0 Å². The molecule has 0 amide bonds. The van der Waals surface area contributed by atoms with Crippen molar-refractivity contribution in [1.82, 2.24) is 5.32 Å². The predicted molar refractivity (Wildman–Crippen MR) is 126 cm³/mol. The number of nitrogens with one attached hydrogen (secondary N) is 1. The van der Waals surface area contributed by atoms with Crippen molar-refractivity contribution in [3.8, 4) is 0 Å². The lowest BCUT2D eigenvalue weighted by Crippen LogP contribution is -2.46. The maximum Gasteiger partial charge on any atom is 0.324 e. The minimum atomic E-state index is -4.04. The Bertz CT molecular complexity index is 1290. The highest BCUT2D eigenvalue weighted by Gasteiger charge is 2.56. The Kier molecular flexibility index (Phi) is 6.36. The molecular formula is C26H27NO5S. The molecule has 4 atom stereocenters. The van der Waals surface area contributed by atoms with Gasteiger partial charge in [-0.25, -0.2) is 8.42 Å². The Morgan fingerprint density at radius 1 is 0.909 bits per heavy atom. The van der Waals surface area contributed by atoms with Gasteiger partial charge in [-0.05, 0) is 34.5 Å². The van der Waals surface area contributed by atoms with Crippen molar-refractivity contribution in [3.05, 3.63) is 78.4 Å². The Hall–Kier alpha value is -3.03. The van der Waals surface area contributed by atoms with Gasteiger partial charge in [-0.15, -0.1) is 0 Å². The van der Waals surface area contributed by atoms with E-state index in [1.807, 2.05) is 42.5 Å². The summed E-state index contributed by atoms with van der Waals surface area (Å²) < 4.78 is 32.5. The quantitative estimate of drug-likeness (QED) is 0.558. The van der Waals surface area contributed by atoms with E-state index in [9.17, 15) is 18.0 Å². The summed E-state index contributed by atoms with van der Waals surface area (Å²) >= 11 is 0. The van der Waals surface area contributed by atoms with Crippen LogP contribution in [0.4, 0.5) is 0 Å². The first-order chi connectivity index (χ1) is 15.8. The molecule has 0 saturated carbocycles. The molecule has 172 valence electrons. The number of hydrogen-bond donors (Lipinski definition) is 1. The van der Waals surface area contributed by atoms with E-state index in [0.29, 0.717) is 0 Å². The molecule has 1 saturated heterocycles. The summed E-state index contributed by atoms with van der Waals surface area (Å²) in [5, 5.41) is 3.87. The lowest BCUT2D eigenvalue weighted by Gasteiger charge is -2.26. The zero-order chi connectivity index (χ0) is 23.8. The van der Waals surface area contributed by atoms with E-state index in [1.54, 1.807) is 32.0 Å². The molecular weight excluding hydrogens is 438 g/mol. The molecule has 1 fully saturated rings. The molecule has 3 aromatic carbocycles. The average Bonchev–Trinajstić information content (AvgIpc) is 3.24. The molecule has 0 radical (unpaired) electrons. The summed E-state index contributed by atoms with van der Waals surface area (Å²) in [5.41, 5.74) is 0.757. The van der Waals surface area contributed by atoms with Gasteiger partial charge in [0.25, 0.3) is 0 Å². The largest absolute Gasteiger partial charge is 0.468 e. The van der Waals surface area contributed by atoms with Crippen LogP contribution >= 0.6 is 0 Å². The third-order valence-corrected chi connectivity index (χ3v) is 8.53. The number of hydrogen-bond acceptors (Lipinski definition) is 6. The second kappa shape index (κ2) is 9.08. The number of carbonyl (C=O) groups is 2. The number of Topliss-reactive ketones (excluding diaryl/α,β-unsaturated/α-hetero) is 1. The van der Waals surface area contributed by atoms with E-state index in [2.05, 4.69) is 5.32 Å². The van der Waals surface area contributed by atoms with Crippen LogP contribution in [0.1, 0.15) is 25.5 Å². The van der Waals surface area contributed by atoms with Crippen LogP contribution in [0.3, 0.4) is 0 Å². The summed E-state index contributed by atoms with van der Waals surface area (Å²) in [4.78, 5) is 26.3. The number of sulfone groups is 1. The third kappa shape index (κ3) is 4.18. The van der Waals surface area contributed by atoms with Crippen LogP contribution in [-0.2, 0) is 24.2 Å². The van der Waals surface area contributed by atoms with Crippen LogP contribution < -0.4 is 5.32 Å². The normalized spacial score (nSPS) is 23.0. The van der Waals surface area contributed by atoms with Gasteiger partial charge in [0, 0.05) is 12.0 Å². The zero-order valence-corrected chi connectivity index (χ0v) is 19.6. The SMILES string of the molecule is COC(=O)[C@@H]1N[C@H](c2ccc3ccccc3c2)[C@H](C(=O)C(C)C)[C@H]1S(=O)(=O)c1ccccc1. The number of rotatable bonds is 6. The number of benzene rings is 3. The smallest absolute Gasteiger partial charge is 0.324 e. The van der Waals surface area contributed by atoms with Crippen LogP contribution in [0.2, 0.25) is 0 Å². The number of carbonyl (C=O) groups excluding carboxylic acids is 2. The van der Waals surface area contributed by atoms with Crippen LogP contribution in [0.5, 0.6) is 0 Å². The van der Waals surface area contributed by atoms with Gasteiger partial charge in [-0.2, -0.15) is 0 Å². The van der Waals surface area contributed by atoms with Crippen LogP contribution in [0, 0.1) is 11.8 Å². The molecule has 0 spiro atoms. The van der Waals surface area contributed by atoms with Crippen LogP contribution in [0.25, 0.3) is 10.8 Å². The summed E-state index contributed by atoms with van der Waals surface area (Å²) in [6, 6.07) is 19.7. The Morgan fingerprint density at radius 3 is 2.18 bits per heavy atom. The Morgan fingerprint density at radius 2 is 1.55 bits per heavy atom. The maximum absolute atomic E-state index is 13.8. The summed E-state index contributed by atoms with van der Waals surface area (Å²) in [6.45, 7) is 3.49. The maximum atomic E-state index is 13.8. The predicted octanol–water partition coefficient (Wildman–Crippen LogP) is 3.71.